The van der Waals surface area contributed by atoms with Gasteiger partial charge in [-0.25, -0.2) is 0 Å². The molecule has 0 N–H and O–H groups in total. The Bertz CT molecular complexity index is 574. The number of hydrogen-bond donors (Lipinski definition) is 0. The third-order valence-electron chi connectivity index (χ3n) is 2.73. The normalized spacial score (nSPS) is 12.8. The molecule has 0 aliphatic heterocycles. The maximum Gasteiger partial charge on any atom is 0.242 e. The van der Waals surface area contributed by atoms with E-state index in [9.17, 15) is 0 Å². The molecule has 2 rings (SSSR count). The minimum atomic E-state index is -1.58. The summed E-state index contributed by atoms with van der Waals surface area (Å²) in [6.45, 7) is 8.67. The first-order valence-corrected chi connectivity index (χ1v) is 9.75. The first-order chi connectivity index (χ1) is 8.51. The Kier molecular flexibility index (Phi) is 3.57. The Labute approximate surface area is 110 Å². The lowest BCUT2D eigenvalue weighted by molar-refractivity contribution is 0.514. The summed E-state index contributed by atoms with van der Waals surface area (Å²) >= 11 is 0. The predicted molar refractivity (Wildman–Crippen MR) is 82.0 cm³/mol. The molecule has 0 amide bonds. The Morgan fingerprint density at radius 3 is 2.33 bits per heavy atom. The zero-order valence-electron chi connectivity index (χ0n) is 11.5. The van der Waals surface area contributed by atoms with Crippen molar-refractivity contribution < 1.29 is 4.43 Å². The van der Waals surface area contributed by atoms with Gasteiger partial charge in [0.15, 0.2) is 0 Å². The molecular weight excluding hydrogens is 236 g/mol. The van der Waals surface area contributed by atoms with Gasteiger partial charge in [-0.3, -0.25) is 0 Å². The van der Waals surface area contributed by atoms with E-state index in [-0.39, 0.29) is 0 Å². The highest BCUT2D eigenvalue weighted by Gasteiger charge is 2.19. The van der Waals surface area contributed by atoms with E-state index in [0.717, 1.165) is 5.76 Å². The van der Waals surface area contributed by atoms with Crippen LogP contribution < -0.4 is 0 Å². The molecule has 0 heterocycles. The SMILES string of the molecule is C/C=C(/O[Si](C)(C)C)c1cccc2ccccc12. The summed E-state index contributed by atoms with van der Waals surface area (Å²) in [5.41, 5.74) is 1.19. The van der Waals surface area contributed by atoms with Crippen LogP contribution in [0, 0.1) is 0 Å². The molecule has 0 unspecified atom stereocenters. The summed E-state index contributed by atoms with van der Waals surface area (Å²) in [6.07, 6.45) is 2.07. The van der Waals surface area contributed by atoms with Crippen LogP contribution in [0.25, 0.3) is 16.5 Å². The Balaban J connectivity index is 2.53. The van der Waals surface area contributed by atoms with Gasteiger partial charge in [0.2, 0.25) is 8.32 Å². The molecule has 2 aromatic carbocycles. The smallest absolute Gasteiger partial charge is 0.242 e. The predicted octanol–water partition coefficient (Wildman–Crippen LogP) is 5.05. The van der Waals surface area contributed by atoms with E-state index in [1.807, 2.05) is 6.92 Å². The third kappa shape index (κ3) is 2.82. The van der Waals surface area contributed by atoms with Gasteiger partial charge in [-0.15, -0.1) is 0 Å². The van der Waals surface area contributed by atoms with E-state index in [2.05, 4.69) is 68.2 Å². The molecule has 0 aliphatic rings. The Hall–Kier alpha value is -1.54. The van der Waals surface area contributed by atoms with E-state index in [1.165, 1.54) is 16.3 Å². The van der Waals surface area contributed by atoms with Crippen LogP contribution in [0.2, 0.25) is 19.6 Å². The second-order valence-corrected chi connectivity index (χ2v) is 9.82. The summed E-state index contributed by atoms with van der Waals surface area (Å²) < 4.78 is 6.18. The average molecular weight is 256 g/mol. The minimum Gasteiger partial charge on any atom is -0.544 e. The van der Waals surface area contributed by atoms with Crippen LogP contribution >= 0.6 is 0 Å². The van der Waals surface area contributed by atoms with E-state index in [1.54, 1.807) is 0 Å². The summed E-state index contributed by atoms with van der Waals surface area (Å²) in [6, 6.07) is 14.8. The molecule has 0 radical (unpaired) electrons. The number of hydrogen-bond acceptors (Lipinski definition) is 1. The lowest BCUT2D eigenvalue weighted by atomic mass is 10.0. The molecule has 2 aromatic rings. The Morgan fingerprint density at radius 2 is 1.67 bits per heavy atom. The average Bonchev–Trinajstić information content (AvgIpc) is 2.34. The molecule has 1 nitrogen and oxygen atoms in total. The molecule has 0 saturated carbocycles. The van der Waals surface area contributed by atoms with E-state index >= 15 is 0 Å². The van der Waals surface area contributed by atoms with Crippen LogP contribution in [0.15, 0.2) is 48.5 Å². The molecule has 94 valence electrons. The van der Waals surface area contributed by atoms with Gasteiger partial charge in [0, 0.05) is 5.56 Å². The maximum absolute atomic E-state index is 6.18. The lowest BCUT2D eigenvalue weighted by Gasteiger charge is -2.22. The number of benzene rings is 2. The fourth-order valence-electron chi connectivity index (χ4n) is 2.04. The fraction of sp³-hybridized carbons (Fsp3) is 0.250. The van der Waals surface area contributed by atoms with Crippen molar-refractivity contribution in [2.45, 2.75) is 26.6 Å². The van der Waals surface area contributed by atoms with Crippen molar-refractivity contribution in [2.75, 3.05) is 0 Å². The largest absolute Gasteiger partial charge is 0.544 e. The van der Waals surface area contributed by atoms with Crippen molar-refractivity contribution in [2.24, 2.45) is 0 Å². The number of allylic oxidation sites excluding steroid dienone is 1. The number of fused-ring (bicyclic) bond motifs is 1. The molecule has 18 heavy (non-hydrogen) atoms. The first-order valence-electron chi connectivity index (χ1n) is 6.35. The van der Waals surface area contributed by atoms with Crippen LogP contribution in [0.5, 0.6) is 0 Å². The molecule has 0 bridgehead atoms. The third-order valence-corrected chi connectivity index (χ3v) is 3.57. The second kappa shape index (κ2) is 4.98. The van der Waals surface area contributed by atoms with Crippen LogP contribution in [-0.2, 0) is 4.43 Å². The highest BCUT2D eigenvalue weighted by atomic mass is 28.4. The van der Waals surface area contributed by atoms with Gasteiger partial charge in [-0.2, -0.15) is 0 Å². The minimum absolute atomic E-state index is 1.01. The standard InChI is InChI=1S/C16H20OSi/c1-5-16(17-18(2,3)4)15-12-8-10-13-9-6-7-11-14(13)15/h5-12H,1-4H3/b16-5+. The fourth-order valence-corrected chi connectivity index (χ4v) is 2.93. The number of rotatable bonds is 3. The monoisotopic (exact) mass is 256 g/mol. The molecule has 0 aliphatic carbocycles. The molecule has 0 spiro atoms. The van der Waals surface area contributed by atoms with Gasteiger partial charge < -0.3 is 4.43 Å². The van der Waals surface area contributed by atoms with Crippen molar-refractivity contribution in [1.82, 2.24) is 0 Å². The van der Waals surface area contributed by atoms with Crippen molar-refractivity contribution >= 4 is 24.8 Å². The topological polar surface area (TPSA) is 9.23 Å². The van der Waals surface area contributed by atoms with Gasteiger partial charge in [-0.05, 0) is 43.4 Å². The van der Waals surface area contributed by atoms with E-state index < -0.39 is 8.32 Å². The lowest BCUT2D eigenvalue weighted by Crippen LogP contribution is -2.24. The molecular formula is C16H20OSi. The maximum atomic E-state index is 6.18. The summed E-state index contributed by atoms with van der Waals surface area (Å²) in [5, 5.41) is 2.51. The molecule has 0 fully saturated rings. The Morgan fingerprint density at radius 1 is 1.00 bits per heavy atom. The van der Waals surface area contributed by atoms with Gasteiger partial charge in [0.25, 0.3) is 0 Å². The van der Waals surface area contributed by atoms with Crippen molar-refractivity contribution in [3.8, 4) is 0 Å². The van der Waals surface area contributed by atoms with Crippen molar-refractivity contribution in [3.05, 3.63) is 54.1 Å². The first kappa shape index (κ1) is 12.9. The van der Waals surface area contributed by atoms with Gasteiger partial charge in [0.1, 0.15) is 5.76 Å². The van der Waals surface area contributed by atoms with Crippen molar-refractivity contribution in [3.63, 3.8) is 0 Å². The zero-order valence-corrected chi connectivity index (χ0v) is 12.5. The van der Waals surface area contributed by atoms with Crippen LogP contribution in [-0.4, -0.2) is 8.32 Å². The summed E-state index contributed by atoms with van der Waals surface area (Å²) in [4.78, 5) is 0. The van der Waals surface area contributed by atoms with Crippen LogP contribution in [0.3, 0.4) is 0 Å². The van der Waals surface area contributed by atoms with Gasteiger partial charge in [0.05, 0.1) is 0 Å². The van der Waals surface area contributed by atoms with E-state index in [4.69, 9.17) is 4.43 Å². The van der Waals surface area contributed by atoms with Crippen LogP contribution in [0.1, 0.15) is 12.5 Å². The molecule has 0 atom stereocenters. The highest BCUT2D eigenvalue weighted by Crippen LogP contribution is 2.28. The van der Waals surface area contributed by atoms with E-state index in [0.29, 0.717) is 0 Å². The zero-order chi connectivity index (χ0) is 13.2. The highest BCUT2D eigenvalue weighted by molar-refractivity contribution is 6.70. The van der Waals surface area contributed by atoms with Crippen molar-refractivity contribution in [1.29, 1.82) is 0 Å². The van der Waals surface area contributed by atoms with Gasteiger partial charge in [-0.1, -0.05) is 42.5 Å². The summed E-state index contributed by atoms with van der Waals surface area (Å²) in [5.74, 6) is 1.01. The quantitative estimate of drug-likeness (QED) is 0.551. The molecule has 2 heteroatoms. The second-order valence-electron chi connectivity index (χ2n) is 5.39. The summed E-state index contributed by atoms with van der Waals surface area (Å²) in [7, 11) is -1.58. The molecule has 0 aromatic heterocycles. The van der Waals surface area contributed by atoms with Crippen LogP contribution in [0.4, 0.5) is 0 Å². The molecule has 0 saturated heterocycles. The van der Waals surface area contributed by atoms with Gasteiger partial charge >= 0.3 is 0 Å².